The van der Waals surface area contributed by atoms with E-state index in [0.29, 0.717) is 11.5 Å². The van der Waals surface area contributed by atoms with Gasteiger partial charge in [0.25, 0.3) is 0 Å². The topological polar surface area (TPSA) is 43.6 Å². The van der Waals surface area contributed by atoms with Crippen LogP contribution in [0, 0.1) is 6.92 Å². The van der Waals surface area contributed by atoms with Crippen molar-refractivity contribution in [1.82, 2.24) is 9.38 Å². The Morgan fingerprint density at radius 2 is 2.29 bits per heavy atom. The number of ether oxygens (including phenoxy) is 1. The summed E-state index contributed by atoms with van der Waals surface area (Å²) in [6.07, 6.45) is 4.06. The first-order valence-electron chi connectivity index (χ1n) is 5.81. The molecule has 5 heteroatoms. The number of hydrogen-bond acceptors (Lipinski definition) is 4. The van der Waals surface area contributed by atoms with E-state index in [0.717, 1.165) is 29.2 Å². The Labute approximate surface area is 104 Å². The third kappa shape index (κ3) is 2.20. The van der Waals surface area contributed by atoms with Crippen molar-refractivity contribution in [3.05, 3.63) is 22.5 Å². The van der Waals surface area contributed by atoms with Gasteiger partial charge in [-0.15, -0.1) is 0 Å². The lowest BCUT2D eigenvalue weighted by atomic mass is 10.3. The Morgan fingerprint density at radius 1 is 1.53 bits per heavy atom. The van der Waals surface area contributed by atoms with Gasteiger partial charge < -0.3 is 4.74 Å². The average molecular weight is 252 g/mol. The van der Waals surface area contributed by atoms with E-state index < -0.39 is 0 Å². The molecule has 92 valence electrons. The summed E-state index contributed by atoms with van der Waals surface area (Å²) >= 11 is 1.40. The highest BCUT2D eigenvalue weighted by molar-refractivity contribution is 7.19. The van der Waals surface area contributed by atoms with Gasteiger partial charge in [-0.3, -0.25) is 4.40 Å². The van der Waals surface area contributed by atoms with E-state index in [4.69, 9.17) is 4.74 Å². The van der Waals surface area contributed by atoms with Gasteiger partial charge in [0, 0.05) is 11.9 Å². The SMILES string of the molecule is CCCc1cn2c(C)c(C(=O)OCC)sc2n1. The smallest absolute Gasteiger partial charge is 0.350 e. The van der Waals surface area contributed by atoms with Gasteiger partial charge in [0.15, 0.2) is 4.96 Å². The van der Waals surface area contributed by atoms with Crippen molar-refractivity contribution in [1.29, 1.82) is 0 Å². The third-order valence-corrected chi connectivity index (χ3v) is 3.71. The molecule has 2 aromatic rings. The van der Waals surface area contributed by atoms with Gasteiger partial charge in [0.1, 0.15) is 4.88 Å². The highest BCUT2D eigenvalue weighted by atomic mass is 32.1. The average Bonchev–Trinajstić information content (AvgIpc) is 2.80. The number of carbonyl (C=O) groups is 1. The number of imidazole rings is 1. The lowest BCUT2D eigenvalue weighted by Gasteiger charge is -1.99. The maximum atomic E-state index is 11.7. The van der Waals surface area contributed by atoms with Crippen LogP contribution in [0.2, 0.25) is 0 Å². The van der Waals surface area contributed by atoms with Crippen molar-refractivity contribution in [3.8, 4) is 0 Å². The Morgan fingerprint density at radius 3 is 2.88 bits per heavy atom. The van der Waals surface area contributed by atoms with Crippen LogP contribution in [-0.4, -0.2) is 22.0 Å². The maximum Gasteiger partial charge on any atom is 0.350 e. The summed E-state index contributed by atoms with van der Waals surface area (Å²) in [4.78, 5) is 17.7. The molecule has 0 atom stereocenters. The van der Waals surface area contributed by atoms with Crippen LogP contribution in [0.25, 0.3) is 4.96 Å². The summed E-state index contributed by atoms with van der Waals surface area (Å²) in [6.45, 7) is 6.27. The van der Waals surface area contributed by atoms with Crippen molar-refractivity contribution in [3.63, 3.8) is 0 Å². The van der Waals surface area contributed by atoms with Gasteiger partial charge in [0.05, 0.1) is 12.3 Å². The zero-order chi connectivity index (χ0) is 12.4. The molecule has 0 radical (unpaired) electrons. The molecule has 2 aromatic heterocycles. The van der Waals surface area contributed by atoms with E-state index in [1.165, 1.54) is 11.3 Å². The summed E-state index contributed by atoms with van der Waals surface area (Å²) in [6, 6.07) is 0. The van der Waals surface area contributed by atoms with Gasteiger partial charge in [-0.2, -0.15) is 0 Å². The second-order valence-corrected chi connectivity index (χ2v) is 4.85. The van der Waals surface area contributed by atoms with Crippen LogP contribution in [0.4, 0.5) is 0 Å². The molecular formula is C12H16N2O2S. The van der Waals surface area contributed by atoms with Gasteiger partial charge in [-0.25, -0.2) is 9.78 Å². The second-order valence-electron chi connectivity index (χ2n) is 3.87. The van der Waals surface area contributed by atoms with Crippen LogP contribution in [-0.2, 0) is 11.2 Å². The number of esters is 1. The fourth-order valence-corrected chi connectivity index (χ4v) is 2.78. The van der Waals surface area contributed by atoms with Crippen molar-refractivity contribution >= 4 is 22.3 Å². The van der Waals surface area contributed by atoms with E-state index in [9.17, 15) is 4.79 Å². The number of aryl methyl sites for hydroxylation is 2. The van der Waals surface area contributed by atoms with Crippen LogP contribution < -0.4 is 0 Å². The van der Waals surface area contributed by atoms with E-state index in [1.807, 2.05) is 24.4 Å². The number of nitrogens with zero attached hydrogens (tertiary/aromatic N) is 2. The minimum absolute atomic E-state index is 0.252. The minimum atomic E-state index is -0.252. The molecule has 0 aliphatic carbocycles. The van der Waals surface area contributed by atoms with Crippen molar-refractivity contribution in [2.24, 2.45) is 0 Å². The molecule has 0 spiro atoms. The van der Waals surface area contributed by atoms with E-state index in [-0.39, 0.29) is 5.97 Å². The normalized spacial score (nSPS) is 11.0. The van der Waals surface area contributed by atoms with Crippen molar-refractivity contribution in [2.45, 2.75) is 33.6 Å². The fraction of sp³-hybridized carbons (Fsp3) is 0.500. The van der Waals surface area contributed by atoms with Crippen LogP contribution in [0.5, 0.6) is 0 Å². The van der Waals surface area contributed by atoms with Crippen molar-refractivity contribution in [2.75, 3.05) is 6.61 Å². The lowest BCUT2D eigenvalue weighted by Crippen LogP contribution is -2.04. The van der Waals surface area contributed by atoms with E-state index in [2.05, 4.69) is 11.9 Å². The molecule has 0 fully saturated rings. The molecule has 0 bridgehead atoms. The third-order valence-electron chi connectivity index (χ3n) is 2.57. The predicted molar refractivity (Wildman–Crippen MR) is 67.8 cm³/mol. The fourth-order valence-electron chi connectivity index (χ4n) is 1.76. The number of carbonyl (C=O) groups excluding carboxylic acids is 1. The number of aromatic nitrogens is 2. The molecule has 2 rings (SSSR count). The van der Waals surface area contributed by atoms with Gasteiger partial charge >= 0.3 is 5.97 Å². The second kappa shape index (κ2) is 4.87. The van der Waals surface area contributed by atoms with Crippen LogP contribution in [0.3, 0.4) is 0 Å². The number of thiazole rings is 1. The maximum absolute atomic E-state index is 11.7. The largest absolute Gasteiger partial charge is 0.462 e. The van der Waals surface area contributed by atoms with Gasteiger partial charge in [-0.1, -0.05) is 24.7 Å². The molecule has 0 aliphatic heterocycles. The molecular weight excluding hydrogens is 236 g/mol. The summed E-state index contributed by atoms with van der Waals surface area (Å²) in [5.41, 5.74) is 2.00. The van der Waals surface area contributed by atoms with E-state index in [1.54, 1.807) is 0 Å². The molecule has 0 unspecified atom stereocenters. The van der Waals surface area contributed by atoms with Crippen LogP contribution >= 0.6 is 11.3 Å². The summed E-state index contributed by atoms with van der Waals surface area (Å²) in [7, 11) is 0. The first kappa shape index (κ1) is 12.1. The summed E-state index contributed by atoms with van der Waals surface area (Å²) < 4.78 is 6.99. The van der Waals surface area contributed by atoms with Crippen LogP contribution in [0.15, 0.2) is 6.20 Å². The molecule has 0 aromatic carbocycles. The predicted octanol–water partition coefficient (Wildman–Crippen LogP) is 2.83. The van der Waals surface area contributed by atoms with Crippen molar-refractivity contribution < 1.29 is 9.53 Å². The highest BCUT2D eigenvalue weighted by Crippen LogP contribution is 2.24. The molecule has 0 saturated heterocycles. The van der Waals surface area contributed by atoms with Crippen LogP contribution in [0.1, 0.15) is 41.3 Å². The molecule has 17 heavy (non-hydrogen) atoms. The lowest BCUT2D eigenvalue weighted by molar-refractivity contribution is 0.0531. The molecule has 4 nitrogen and oxygen atoms in total. The Balaban J connectivity index is 2.38. The first-order valence-corrected chi connectivity index (χ1v) is 6.63. The summed E-state index contributed by atoms with van der Waals surface area (Å²) in [5, 5.41) is 0. The minimum Gasteiger partial charge on any atom is -0.462 e. The Hall–Kier alpha value is -1.36. The molecule has 0 amide bonds. The molecule has 0 aliphatic rings. The zero-order valence-corrected chi connectivity index (χ0v) is 11.1. The Kier molecular flexibility index (Phi) is 3.47. The molecule has 0 saturated carbocycles. The first-order chi connectivity index (χ1) is 8.17. The number of rotatable bonds is 4. The number of hydrogen-bond donors (Lipinski definition) is 0. The highest BCUT2D eigenvalue weighted by Gasteiger charge is 2.18. The quantitative estimate of drug-likeness (QED) is 0.786. The van der Waals surface area contributed by atoms with Gasteiger partial charge in [0.2, 0.25) is 0 Å². The monoisotopic (exact) mass is 252 g/mol. The number of fused-ring (bicyclic) bond motifs is 1. The molecule has 0 N–H and O–H groups in total. The van der Waals surface area contributed by atoms with Gasteiger partial charge in [-0.05, 0) is 20.3 Å². The summed E-state index contributed by atoms with van der Waals surface area (Å²) in [5.74, 6) is -0.252. The standard InChI is InChI=1S/C12H16N2O2S/c1-4-6-9-7-14-8(3)10(11(15)16-5-2)17-12(14)13-9/h7H,4-6H2,1-3H3. The zero-order valence-electron chi connectivity index (χ0n) is 10.3. The molecule has 2 heterocycles. The van der Waals surface area contributed by atoms with E-state index >= 15 is 0 Å². The Bertz CT molecular complexity index is 542.